The lowest BCUT2D eigenvalue weighted by atomic mass is 10.1. The van der Waals surface area contributed by atoms with Gasteiger partial charge in [-0.1, -0.05) is 0 Å². The number of aryl methyl sites for hydroxylation is 1. The Labute approximate surface area is 98.2 Å². The van der Waals surface area contributed by atoms with Crippen LogP contribution in [0.5, 0.6) is 0 Å². The Kier molecular flexibility index (Phi) is 4.03. The minimum atomic E-state index is -0.665. The van der Waals surface area contributed by atoms with Crippen LogP contribution in [0.4, 0.5) is 10.1 Å². The van der Waals surface area contributed by atoms with E-state index in [0.29, 0.717) is 5.69 Å². The van der Waals surface area contributed by atoms with Crippen LogP contribution in [-0.4, -0.2) is 25.4 Å². The average Bonchev–Trinajstić information content (AvgIpc) is 2.30. The molecule has 1 rings (SSSR count). The molecule has 0 aromatic heterocycles. The number of carbonyl (C=O) groups excluding carboxylic acids is 2. The molecule has 0 spiro atoms. The second-order valence-electron chi connectivity index (χ2n) is 3.56. The third kappa shape index (κ3) is 3.17. The molecule has 92 valence electrons. The van der Waals surface area contributed by atoms with E-state index < -0.39 is 11.7 Å². The van der Waals surface area contributed by atoms with Gasteiger partial charge in [0.2, 0.25) is 5.91 Å². The van der Waals surface area contributed by atoms with Crippen LogP contribution in [-0.2, 0) is 4.79 Å². The summed E-state index contributed by atoms with van der Waals surface area (Å²) in [4.78, 5) is 22.5. The van der Waals surface area contributed by atoms with Crippen LogP contribution < -0.4 is 16.4 Å². The molecular weight excluding hydrogens is 225 g/mol. The number of anilines is 1. The van der Waals surface area contributed by atoms with Gasteiger partial charge in [0, 0.05) is 12.7 Å². The Morgan fingerprint density at radius 1 is 1.41 bits per heavy atom. The predicted octanol–water partition coefficient (Wildman–Crippen LogP) is 0.192. The summed E-state index contributed by atoms with van der Waals surface area (Å²) in [5.41, 5.74) is 5.95. The topological polar surface area (TPSA) is 84.2 Å². The van der Waals surface area contributed by atoms with Crippen LogP contribution >= 0.6 is 0 Å². The second kappa shape index (κ2) is 5.29. The summed E-state index contributed by atoms with van der Waals surface area (Å²) in [6, 6.07) is 2.67. The van der Waals surface area contributed by atoms with Gasteiger partial charge in [-0.2, -0.15) is 0 Å². The SMILES string of the molecule is CNC(=O)CNC(=O)c1cc(N)cc(C)c1F. The smallest absolute Gasteiger partial charge is 0.254 e. The fourth-order valence-electron chi connectivity index (χ4n) is 1.31. The third-order valence-electron chi connectivity index (χ3n) is 2.21. The van der Waals surface area contributed by atoms with E-state index in [0.717, 1.165) is 0 Å². The summed E-state index contributed by atoms with van der Waals surface area (Å²) in [7, 11) is 1.44. The molecular formula is C11H14FN3O2. The zero-order valence-electron chi connectivity index (χ0n) is 9.63. The van der Waals surface area contributed by atoms with Gasteiger partial charge in [-0.15, -0.1) is 0 Å². The first kappa shape index (κ1) is 13.0. The fourth-order valence-corrected chi connectivity index (χ4v) is 1.31. The summed E-state index contributed by atoms with van der Waals surface area (Å²) in [6.45, 7) is 1.31. The molecule has 6 heteroatoms. The monoisotopic (exact) mass is 239 g/mol. The van der Waals surface area contributed by atoms with Gasteiger partial charge < -0.3 is 16.4 Å². The minimum Gasteiger partial charge on any atom is -0.399 e. The number of benzene rings is 1. The number of halogens is 1. The van der Waals surface area contributed by atoms with Crippen molar-refractivity contribution in [2.45, 2.75) is 6.92 Å². The van der Waals surface area contributed by atoms with Gasteiger partial charge >= 0.3 is 0 Å². The zero-order valence-corrected chi connectivity index (χ0v) is 9.63. The summed E-state index contributed by atoms with van der Waals surface area (Å²) >= 11 is 0. The van der Waals surface area contributed by atoms with Crippen molar-refractivity contribution in [3.63, 3.8) is 0 Å². The van der Waals surface area contributed by atoms with Gasteiger partial charge in [-0.05, 0) is 24.6 Å². The van der Waals surface area contributed by atoms with E-state index in [2.05, 4.69) is 10.6 Å². The molecule has 0 aliphatic rings. The Bertz CT molecular complexity index is 460. The van der Waals surface area contributed by atoms with Crippen LogP contribution in [0, 0.1) is 12.7 Å². The quantitative estimate of drug-likeness (QED) is 0.658. The van der Waals surface area contributed by atoms with E-state index in [4.69, 9.17) is 5.73 Å². The van der Waals surface area contributed by atoms with E-state index >= 15 is 0 Å². The highest BCUT2D eigenvalue weighted by Gasteiger charge is 2.15. The first-order valence-corrected chi connectivity index (χ1v) is 5.00. The van der Waals surface area contributed by atoms with Crippen molar-refractivity contribution in [1.82, 2.24) is 10.6 Å². The molecule has 0 aliphatic carbocycles. The normalized spacial score (nSPS) is 9.82. The van der Waals surface area contributed by atoms with E-state index in [1.165, 1.54) is 26.1 Å². The number of rotatable bonds is 3. The number of carbonyl (C=O) groups is 2. The van der Waals surface area contributed by atoms with Crippen molar-refractivity contribution in [3.05, 3.63) is 29.1 Å². The highest BCUT2D eigenvalue weighted by molar-refractivity contribution is 5.97. The molecule has 0 fully saturated rings. The van der Waals surface area contributed by atoms with Crippen molar-refractivity contribution in [2.75, 3.05) is 19.3 Å². The summed E-state index contributed by atoms with van der Waals surface area (Å²) in [5.74, 6) is -1.66. The molecule has 0 radical (unpaired) electrons. The number of nitrogens with one attached hydrogen (secondary N) is 2. The van der Waals surface area contributed by atoms with Crippen molar-refractivity contribution in [2.24, 2.45) is 0 Å². The van der Waals surface area contributed by atoms with Crippen LogP contribution in [0.25, 0.3) is 0 Å². The van der Waals surface area contributed by atoms with Gasteiger partial charge in [-0.3, -0.25) is 9.59 Å². The molecule has 17 heavy (non-hydrogen) atoms. The van der Waals surface area contributed by atoms with Crippen LogP contribution in [0.15, 0.2) is 12.1 Å². The molecule has 0 atom stereocenters. The highest BCUT2D eigenvalue weighted by atomic mass is 19.1. The molecule has 0 saturated heterocycles. The lowest BCUT2D eigenvalue weighted by Crippen LogP contribution is -2.35. The summed E-state index contributed by atoms with van der Waals surface area (Å²) < 4.78 is 13.6. The van der Waals surface area contributed by atoms with Crippen molar-refractivity contribution in [3.8, 4) is 0 Å². The predicted molar refractivity (Wildman–Crippen MR) is 61.9 cm³/mol. The number of nitrogen functional groups attached to an aromatic ring is 1. The van der Waals surface area contributed by atoms with Crippen LogP contribution in [0.1, 0.15) is 15.9 Å². The molecule has 5 nitrogen and oxygen atoms in total. The molecule has 1 aromatic rings. The highest BCUT2D eigenvalue weighted by Crippen LogP contribution is 2.16. The minimum absolute atomic E-state index is 0.161. The van der Waals surface area contributed by atoms with Crippen LogP contribution in [0.2, 0.25) is 0 Å². The van der Waals surface area contributed by atoms with Gasteiger partial charge in [0.15, 0.2) is 0 Å². The Balaban J connectivity index is 2.86. The Morgan fingerprint density at radius 2 is 2.06 bits per heavy atom. The third-order valence-corrected chi connectivity index (χ3v) is 2.21. The van der Waals surface area contributed by atoms with E-state index in [9.17, 15) is 14.0 Å². The van der Waals surface area contributed by atoms with Gasteiger partial charge in [-0.25, -0.2) is 4.39 Å². The van der Waals surface area contributed by atoms with Gasteiger partial charge in [0.1, 0.15) is 5.82 Å². The lowest BCUT2D eigenvalue weighted by Gasteiger charge is -2.08. The summed E-state index contributed by atoms with van der Waals surface area (Å²) in [5, 5.41) is 4.64. The molecule has 0 saturated carbocycles. The Hall–Kier alpha value is -2.11. The van der Waals surface area contributed by atoms with E-state index in [-0.39, 0.29) is 23.6 Å². The first-order chi connectivity index (χ1) is 7.95. The fraction of sp³-hybridized carbons (Fsp3) is 0.273. The number of likely N-dealkylation sites (N-methyl/N-ethyl adjacent to an activating group) is 1. The largest absolute Gasteiger partial charge is 0.399 e. The maximum atomic E-state index is 13.6. The molecule has 0 unspecified atom stereocenters. The standard InChI is InChI=1S/C11H14FN3O2/c1-6-3-7(13)4-8(10(6)12)11(17)15-5-9(16)14-2/h3-4H,5,13H2,1-2H3,(H,14,16)(H,15,17). The second-order valence-corrected chi connectivity index (χ2v) is 3.56. The maximum Gasteiger partial charge on any atom is 0.254 e. The van der Waals surface area contributed by atoms with Crippen molar-refractivity contribution < 1.29 is 14.0 Å². The van der Waals surface area contributed by atoms with E-state index in [1.807, 2.05) is 0 Å². The lowest BCUT2D eigenvalue weighted by molar-refractivity contribution is -0.119. The number of nitrogens with two attached hydrogens (primary N) is 1. The Morgan fingerprint density at radius 3 is 2.65 bits per heavy atom. The average molecular weight is 239 g/mol. The van der Waals surface area contributed by atoms with Gasteiger partial charge in [0.25, 0.3) is 5.91 Å². The maximum absolute atomic E-state index is 13.6. The molecule has 0 aliphatic heterocycles. The molecule has 4 N–H and O–H groups in total. The number of hydrogen-bond donors (Lipinski definition) is 3. The number of hydrogen-bond acceptors (Lipinski definition) is 3. The van der Waals surface area contributed by atoms with E-state index in [1.54, 1.807) is 0 Å². The summed E-state index contributed by atoms with van der Waals surface area (Å²) in [6.07, 6.45) is 0. The molecule has 0 bridgehead atoms. The molecule has 0 heterocycles. The van der Waals surface area contributed by atoms with Crippen LogP contribution in [0.3, 0.4) is 0 Å². The van der Waals surface area contributed by atoms with Crippen molar-refractivity contribution in [1.29, 1.82) is 0 Å². The van der Waals surface area contributed by atoms with Gasteiger partial charge in [0.05, 0.1) is 12.1 Å². The first-order valence-electron chi connectivity index (χ1n) is 5.00. The molecule has 1 aromatic carbocycles. The number of amides is 2. The van der Waals surface area contributed by atoms with Crippen molar-refractivity contribution >= 4 is 17.5 Å². The zero-order chi connectivity index (χ0) is 13.0. The molecule has 2 amide bonds.